The van der Waals surface area contributed by atoms with Gasteiger partial charge < -0.3 is 4.74 Å². The van der Waals surface area contributed by atoms with Gasteiger partial charge in [-0.05, 0) is 31.2 Å². The molecule has 5 rings (SSSR count). The standard InChI is InChI=1S/C26H20N2O3S/c1-3-31-18-10-8-9-17(15-18)28(16(2)29)24-25(30)20-12-5-4-11-19(20)23-26(24)32-22-14-7-6-13-21(22)27-23/h4-15H,3H2,1-2H3. The highest BCUT2D eigenvalue weighted by Gasteiger charge is 2.27. The van der Waals surface area contributed by atoms with E-state index in [0.29, 0.717) is 39.7 Å². The first kappa shape index (κ1) is 20.2. The minimum Gasteiger partial charge on any atom is -0.494 e. The number of benzene rings is 4. The number of para-hydroxylation sites is 1. The zero-order valence-corrected chi connectivity index (χ0v) is 18.5. The predicted octanol–water partition coefficient (Wildman–Crippen LogP) is 6.00. The topological polar surface area (TPSA) is 59.5 Å². The molecule has 32 heavy (non-hydrogen) atoms. The molecule has 0 spiro atoms. The summed E-state index contributed by atoms with van der Waals surface area (Å²) in [7, 11) is 0. The fourth-order valence-corrected chi connectivity index (χ4v) is 5.09. The molecule has 5 nitrogen and oxygen atoms in total. The molecule has 0 atom stereocenters. The molecule has 1 heterocycles. The second-order valence-electron chi connectivity index (χ2n) is 7.37. The van der Waals surface area contributed by atoms with E-state index in [2.05, 4.69) is 0 Å². The molecule has 0 aromatic heterocycles. The van der Waals surface area contributed by atoms with Crippen LogP contribution in [0.15, 0.2) is 77.6 Å². The third-order valence-corrected chi connectivity index (χ3v) is 6.46. The molecule has 0 saturated heterocycles. The summed E-state index contributed by atoms with van der Waals surface area (Å²) in [5.74, 6) is 0.383. The van der Waals surface area contributed by atoms with Crippen LogP contribution < -0.4 is 15.1 Å². The molecule has 1 aliphatic carbocycles. The Morgan fingerprint density at radius 1 is 1.00 bits per heavy atom. The van der Waals surface area contributed by atoms with Gasteiger partial charge in [0.15, 0.2) is 0 Å². The number of fused-ring (bicyclic) bond motifs is 4. The van der Waals surface area contributed by atoms with Crippen LogP contribution in [0, 0.1) is 0 Å². The molecule has 0 unspecified atom stereocenters. The van der Waals surface area contributed by atoms with Gasteiger partial charge in [0, 0.05) is 23.8 Å². The van der Waals surface area contributed by atoms with Crippen molar-refractivity contribution in [2.75, 3.05) is 11.5 Å². The Labute approximate surface area is 188 Å². The van der Waals surface area contributed by atoms with E-state index in [-0.39, 0.29) is 11.3 Å². The maximum atomic E-state index is 13.8. The number of carbonyl (C=O) groups is 1. The van der Waals surface area contributed by atoms with E-state index >= 15 is 0 Å². The predicted molar refractivity (Wildman–Crippen MR) is 130 cm³/mol. The minimum absolute atomic E-state index is 0.196. The Kier molecular flexibility index (Phi) is 5.07. The van der Waals surface area contributed by atoms with E-state index in [1.54, 1.807) is 12.1 Å². The van der Waals surface area contributed by atoms with Gasteiger partial charge >= 0.3 is 0 Å². The highest BCUT2D eigenvalue weighted by Crippen LogP contribution is 2.42. The Morgan fingerprint density at radius 3 is 2.53 bits per heavy atom. The second-order valence-corrected chi connectivity index (χ2v) is 8.42. The number of nitrogens with zero attached hydrogens (tertiary/aromatic N) is 2. The number of rotatable bonds is 4. The van der Waals surface area contributed by atoms with Crippen LogP contribution in [-0.2, 0) is 4.79 Å². The van der Waals surface area contributed by atoms with Gasteiger partial charge in [0.25, 0.3) is 0 Å². The van der Waals surface area contributed by atoms with Crippen molar-refractivity contribution in [3.05, 3.63) is 83.0 Å². The number of anilines is 2. The van der Waals surface area contributed by atoms with Gasteiger partial charge in [-0.15, -0.1) is 11.3 Å². The van der Waals surface area contributed by atoms with Gasteiger partial charge in [0.05, 0.1) is 33.1 Å². The summed E-state index contributed by atoms with van der Waals surface area (Å²) in [5.41, 5.74) is 2.28. The molecule has 0 bridgehead atoms. The van der Waals surface area contributed by atoms with Crippen molar-refractivity contribution in [3.63, 3.8) is 0 Å². The molecule has 158 valence electrons. The van der Waals surface area contributed by atoms with Crippen molar-refractivity contribution >= 4 is 49.6 Å². The summed E-state index contributed by atoms with van der Waals surface area (Å²) in [6.45, 7) is 3.88. The fraction of sp³-hybridized carbons (Fsp3) is 0.115. The van der Waals surface area contributed by atoms with Crippen LogP contribution >= 0.6 is 11.3 Å². The average Bonchev–Trinajstić information content (AvgIpc) is 2.81. The van der Waals surface area contributed by atoms with Crippen LogP contribution in [-0.4, -0.2) is 17.5 Å². The molecule has 0 N–H and O–H groups in total. The lowest BCUT2D eigenvalue weighted by atomic mass is 10.0. The van der Waals surface area contributed by atoms with Gasteiger partial charge in [-0.3, -0.25) is 14.5 Å². The van der Waals surface area contributed by atoms with E-state index in [0.717, 1.165) is 15.6 Å². The lowest BCUT2D eigenvalue weighted by Crippen LogP contribution is -2.29. The largest absolute Gasteiger partial charge is 0.494 e. The average molecular weight is 441 g/mol. The zero-order chi connectivity index (χ0) is 22.2. The minimum atomic E-state index is -0.257. The number of ether oxygens (including phenoxy) is 1. The van der Waals surface area contributed by atoms with Crippen LogP contribution in [0.3, 0.4) is 0 Å². The fourth-order valence-electron chi connectivity index (χ4n) is 3.98. The molecule has 3 aromatic rings. The van der Waals surface area contributed by atoms with Crippen molar-refractivity contribution < 1.29 is 9.53 Å². The van der Waals surface area contributed by atoms with Gasteiger partial charge in [0.2, 0.25) is 11.3 Å². The Bertz CT molecular complexity index is 1510. The molecular weight excluding hydrogens is 420 g/mol. The zero-order valence-electron chi connectivity index (χ0n) is 17.7. The number of hydrogen-bond acceptors (Lipinski definition) is 5. The molecule has 3 aromatic carbocycles. The SMILES string of the molecule is CCOc1cccc(N(C(C)=O)c2c3sc4ccccc4nc-3c3ccccc3c2=O)c1. The number of hydrogen-bond donors (Lipinski definition) is 0. The van der Waals surface area contributed by atoms with Crippen molar-refractivity contribution in [2.24, 2.45) is 0 Å². The van der Waals surface area contributed by atoms with Gasteiger partial charge in [-0.1, -0.05) is 42.5 Å². The molecule has 6 heteroatoms. The summed E-state index contributed by atoms with van der Waals surface area (Å²) in [5, 5.41) is 1.32. The van der Waals surface area contributed by atoms with Crippen LogP contribution in [0.4, 0.5) is 11.4 Å². The van der Waals surface area contributed by atoms with Gasteiger partial charge in [0.1, 0.15) is 11.4 Å². The van der Waals surface area contributed by atoms with Crippen LogP contribution in [0.5, 0.6) is 5.75 Å². The quantitative estimate of drug-likeness (QED) is 0.254. The van der Waals surface area contributed by atoms with Crippen LogP contribution in [0.2, 0.25) is 0 Å². The molecule has 0 radical (unpaired) electrons. The first-order valence-corrected chi connectivity index (χ1v) is 11.2. The molecule has 2 aliphatic rings. The summed E-state index contributed by atoms with van der Waals surface area (Å²) < 4.78 is 6.58. The Balaban J connectivity index is 1.90. The summed E-state index contributed by atoms with van der Waals surface area (Å²) in [6, 6.07) is 22.5. The van der Waals surface area contributed by atoms with Crippen molar-refractivity contribution in [3.8, 4) is 16.3 Å². The normalized spacial score (nSPS) is 11.2. The van der Waals surface area contributed by atoms with Crippen LogP contribution in [0.1, 0.15) is 13.8 Å². The summed E-state index contributed by atoms with van der Waals surface area (Å²) in [6.07, 6.45) is 0. The van der Waals surface area contributed by atoms with Crippen LogP contribution in [0.25, 0.3) is 31.6 Å². The Morgan fingerprint density at radius 2 is 1.75 bits per heavy atom. The maximum Gasteiger partial charge on any atom is 0.228 e. The van der Waals surface area contributed by atoms with Gasteiger partial charge in [-0.2, -0.15) is 0 Å². The Hall–Kier alpha value is -3.77. The van der Waals surface area contributed by atoms with Crippen molar-refractivity contribution in [1.29, 1.82) is 0 Å². The number of carbonyl (C=O) groups excluding carboxylic acids is 1. The lowest BCUT2D eigenvalue weighted by molar-refractivity contribution is -0.115. The summed E-state index contributed by atoms with van der Waals surface area (Å²) >= 11 is 1.47. The summed E-state index contributed by atoms with van der Waals surface area (Å²) in [4.78, 5) is 33.8. The van der Waals surface area contributed by atoms with Crippen molar-refractivity contribution in [1.82, 2.24) is 4.98 Å². The number of aromatic nitrogens is 1. The first-order valence-electron chi connectivity index (χ1n) is 10.4. The van der Waals surface area contributed by atoms with Gasteiger partial charge in [-0.25, -0.2) is 4.98 Å². The monoisotopic (exact) mass is 440 g/mol. The highest BCUT2D eigenvalue weighted by molar-refractivity contribution is 7.22. The lowest BCUT2D eigenvalue weighted by Gasteiger charge is -2.25. The number of amides is 1. The highest BCUT2D eigenvalue weighted by atomic mass is 32.1. The second kappa shape index (κ2) is 8.05. The maximum absolute atomic E-state index is 13.8. The molecular formula is C26H20N2O3S. The third-order valence-electron chi connectivity index (χ3n) is 5.31. The van der Waals surface area contributed by atoms with Crippen molar-refractivity contribution in [2.45, 2.75) is 13.8 Å². The molecule has 1 amide bonds. The smallest absolute Gasteiger partial charge is 0.228 e. The van der Waals surface area contributed by atoms with E-state index in [9.17, 15) is 9.59 Å². The molecule has 0 saturated carbocycles. The van der Waals surface area contributed by atoms with E-state index < -0.39 is 0 Å². The molecule has 0 fully saturated rings. The third kappa shape index (κ3) is 3.29. The van der Waals surface area contributed by atoms with E-state index in [1.807, 2.05) is 67.6 Å². The molecule has 1 aliphatic heterocycles. The van der Waals surface area contributed by atoms with E-state index in [4.69, 9.17) is 9.72 Å². The first-order chi connectivity index (χ1) is 15.6. The van der Waals surface area contributed by atoms with E-state index in [1.165, 1.54) is 23.2 Å².